The first-order valence-corrected chi connectivity index (χ1v) is 7.98. The number of halogens is 2. The lowest BCUT2D eigenvalue weighted by atomic mass is 10.1. The zero-order chi connectivity index (χ0) is 18.0. The van der Waals surface area contributed by atoms with Crippen LogP contribution in [0.15, 0.2) is 28.9 Å². The van der Waals surface area contributed by atoms with Gasteiger partial charge in [0.2, 0.25) is 5.91 Å². The van der Waals surface area contributed by atoms with E-state index in [2.05, 4.69) is 15.4 Å². The van der Waals surface area contributed by atoms with E-state index in [4.69, 9.17) is 4.42 Å². The average molecular weight is 348 g/mol. The quantitative estimate of drug-likeness (QED) is 0.740. The Labute approximate surface area is 142 Å². The summed E-state index contributed by atoms with van der Waals surface area (Å²) in [6.07, 6.45) is -0.435. The molecule has 1 amide bonds. The highest BCUT2D eigenvalue weighted by molar-refractivity contribution is 5.86. The minimum absolute atomic E-state index is 0.0817. The van der Waals surface area contributed by atoms with Crippen LogP contribution in [0, 0.1) is 6.92 Å². The number of hydrogen-bond donors (Lipinski definition) is 1. The normalized spacial score (nSPS) is 11.4. The molecule has 0 fully saturated rings. The molecule has 0 aliphatic rings. The molecule has 132 valence electrons. The molecule has 3 rings (SSSR count). The van der Waals surface area contributed by atoms with Crippen molar-refractivity contribution in [1.29, 1.82) is 0 Å². The fraction of sp³-hybridized carbons (Fsp3) is 0.353. The van der Waals surface area contributed by atoms with Crippen molar-refractivity contribution in [2.45, 2.75) is 33.2 Å². The molecule has 3 aromatic rings. The monoisotopic (exact) mass is 348 g/mol. The van der Waals surface area contributed by atoms with Crippen molar-refractivity contribution >= 4 is 16.9 Å². The Hall–Kier alpha value is -2.77. The van der Waals surface area contributed by atoms with E-state index in [9.17, 15) is 13.6 Å². The van der Waals surface area contributed by atoms with Crippen molar-refractivity contribution < 1.29 is 18.0 Å². The molecule has 0 aromatic carbocycles. The Morgan fingerprint density at radius 1 is 1.44 bits per heavy atom. The Balaban J connectivity index is 2.11. The number of aromatic nitrogens is 3. The molecule has 0 aliphatic carbocycles. The minimum Gasteiger partial charge on any atom is -0.463 e. The van der Waals surface area contributed by atoms with Crippen molar-refractivity contribution in [2.75, 3.05) is 6.54 Å². The van der Waals surface area contributed by atoms with Crippen LogP contribution in [-0.4, -0.2) is 27.2 Å². The number of amides is 1. The molecule has 1 N–H and O–H groups in total. The van der Waals surface area contributed by atoms with E-state index >= 15 is 0 Å². The maximum absolute atomic E-state index is 13.6. The number of carbonyl (C=O) groups excluding carboxylic acids is 1. The maximum Gasteiger partial charge on any atom is 0.264 e. The van der Waals surface area contributed by atoms with Gasteiger partial charge in [-0.05, 0) is 31.5 Å². The van der Waals surface area contributed by atoms with Gasteiger partial charge < -0.3 is 9.73 Å². The van der Waals surface area contributed by atoms with Crippen molar-refractivity contribution in [3.63, 3.8) is 0 Å². The van der Waals surface area contributed by atoms with Crippen LogP contribution in [0.3, 0.4) is 0 Å². The lowest BCUT2D eigenvalue weighted by Gasteiger charge is -2.07. The first kappa shape index (κ1) is 17.1. The van der Waals surface area contributed by atoms with Gasteiger partial charge in [0.05, 0.1) is 17.3 Å². The number of hydrogen-bond acceptors (Lipinski definition) is 4. The lowest BCUT2D eigenvalue weighted by Crippen LogP contribution is -2.28. The molecular formula is C17H18F2N4O2. The van der Waals surface area contributed by atoms with E-state index < -0.39 is 6.43 Å². The first-order chi connectivity index (χ1) is 12.0. The molecule has 3 heterocycles. The molecule has 25 heavy (non-hydrogen) atoms. The highest BCUT2D eigenvalue weighted by Crippen LogP contribution is 2.33. The van der Waals surface area contributed by atoms with Gasteiger partial charge >= 0.3 is 0 Å². The summed E-state index contributed by atoms with van der Waals surface area (Å²) >= 11 is 0. The third-order valence-electron chi connectivity index (χ3n) is 3.78. The number of rotatable bonds is 6. The fourth-order valence-corrected chi connectivity index (χ4v) is 2.68. The number of nitrogens with zero attached hydrogens (tertiary/aromatic N) is 3. The van der Waals surface area contributed by atoms with Crippen LogP contribution < -0.4 is 5.32 Å². The number of pyridine rings is 1. The molecule has 0 saturated carbocycles. The van der Waals surface area contributed by atoms with Crippen LogP contribution >= 0.6 is 0 Å². The number of furan rings is 1. The van der Waals surface area contributed by atoms with Crippen molar-refractivity contribution in [1.82, 2.24) is 20.1 Å². The van der Waals surface area contributed by atoms with Crippen molar-refractivity contribution in [3.8, 4) is 11.5 Å². The summed E-state index contributed by atoms with van der Waals surface area (Å²) in [4.78, 5) is 16.4. The Morgan fingerprint density at radius 3 is 2.88 bits per heavy atom. The number of fused-ring (bicyclic) bond motifs is 1. The van der Waals surface area contributed by atoms with E-state index in [0.29, 0.717) is 18.0 Å². The van der Waals surface area contributed by atoms with Crippen LogP contribution in [0.2, 0.25) is 0 Å². The first-order valence-electron chi connectivity index (χ1n) is 7.98. The molecule has 0 unspecified atom stereocenters. The van der Waals surface area contributed by atoms with Gasteiger partial charge in [-0.3, -0.25) is 4.79 Å². The number of alkyl halides is 2. The zero-order valence-electron chi connectivity index (χ0n) is 13.9. The average Bonchev–Trinajstić information content (AvgIpc) is 3.21. The SMILES string of the molecule is CCCNC(=O)Cn1nc(C)c2c(C(F)F)cc(-c3ccco3)nc21. The highest BCUT2D eigenvalue weighted by atomic mass is 19.3. The molecule has 0 saturated heterocycles. The molecule has 0 bridgehead atoms. The predicted molar refractivity (Wildman–Crippen MR) is 88.2 cm³/mol. The summed E-state index contributed by atoms with van der Waals surface area (Å²) in [6, 6.07) is 4.61. The molecule has 0 atom stereocenters. The second-order valence-corrected chi connectivity index (χ2v) is 5.67. The van der Waals surface area contributed by atoms with Crippen LogP contribution in [0.1, 0.15) is 31.0 Å². The molecule has 0 aliphatic heterocycles. The smallest absolute Gasteiger partial charge is 0.264 e. The van der Waals surface area contributed by atoms with Gasteiger partial charge in [-0.1, -0.05) is 6.92 Å². The third-order valence-corrected chi connectivity index (χ3v) is 3.78. The van der Waals surface area contributed by atoms with Crippen molar-refractivity contribution in [2.24, 2.45) is 0 Å². The van der Waals surface area contributed by atoms with Gasteiger partial charge in [0.15, 0.2) is 11.4 Å². The van der Waals surface area contributed by atoms with Gasteiger partial charge in [-0.25, -0.2) is 18.4 Å². The van der Waals surface area contributed by atoms with E-state index in [1.807, 2.05) is 6.92 Å². The lowest BCUT2D eigenvalue weighted by molar-refractivity contribution is -0.121. The van der Waals surface area contributed by atoms with Crippen LogP contribution in [0.25, 0.3) is 22.5 Å². The van der Waals surface area contributed by atoms with Gasteiger partial charge in [-0.2, -0.15) is 5.10 Å². The second-order valence-electron chi connectivity index (χ2n) is 5.67. The number of carbonyl (C=O) groups is 1. The fourth-order valence-electron chi connectivity index (χ4n) is 2.68. The number of nitrogens with one attached hydrogen (secondary N) is 1. The Bertz CT molecular complexity index is 888. The Morgan fingerprint density at radius 2 is 2.24 bits per heavy atom. The summed E-state index contributed by atoms with van der Waals surface area (Å²) in [6.45, 7) is 4.04. The maximum atomic E-state index is 13.6. The summed E-state index contributed by atoms with van der Waals surface area (Å²) < 4.78 is 33.7. The highest BCUT2D eigenvalue weighted by Gasteiger charge is 2.22. The summed E-state index contributed by atoms with van der Waals surface area (Å²) in [5.74, 6) is 0.139. The summed E-state index contributed by atoms with van der Waals surface area (Å²) in [5.41, 5.74) is 0.762. The minimum atomic E-state index is -2.69. The van der Waals surface area contributed by atoms with Crippen LogP contribution in [0.5, 0.6) is 0 Å². The molecule has 3 aromatic heterocycles. The van der Waals surface area contributed by atoms with E-state index in [1.165, 1.54) is 17.0 Å². The van der Waals surface area contributed by atoms with E-state index in [-0.39, 0.29) is 34.7 Å². The van der Waals surface area contributed by atoms with Gasteiger partial charge in [-0.15, -0.1) is 0 Å². The molecule has 0 radical (unpaired) electrons. The molecule has 0 spiro atoms. The molecule has 6 nitrogen and oxygen atoms in total. The van der Waals surface area contributed by atoms with E-state index in [0.717, 1.165) is 6.42 Å². The number of aryl methyl sites for hydroxylation is 1. The van der Waals surface area contributed by atoms with E-state index in [1.54, 1.807) is 19.1 Å². The third kappa shape index (κ3) is 3.38. The summed E-state index contributed by atoms with van der Waals surface area (Å²) in [5, 5.41) is 7.24. The Kier molecular flexibility index (Phi) is 4.78. The van der Waals surface area contributed by atoms with Gasteiger partial charge in [0.1, 0.15) is 12.2 Å². The molecular weight excluding hydrogens is 330 g/mol. The van der Waals surface area contributed by atoms with Crippen LogP contribution in [-0.2, 0) is 11.3 Å². The topological polar surface area (TPSA) is 73.0 Å². The molecule has 8 heteroatoms. The zero-order valence-corrected chi connectivity index (χ0v) is 13.9. The van der Waals surface area contributed by atoms with Gasteiger partial charge in [0.25, 0.3) is 6.43 Å². The van der Waals surface area contributed by atoms with Crippen LogP contribution in [0.4, 0.5) is 8.78 Å². The second kappa shape index (κ2) is 7.00. The standard InChI is InChI=1S/C17H18F2N4O2/c1-3-6-20-14(24)9-23-17-15(10(2)22-23)11(16(18)19)8-12(21-17)13-5-4-7-25-13/h4-5,7-8,16H,3,6,9H2,1-2H3,(H,20,24). The van der Waals surface area contributed by atoms with Crippen molar-refractivity contribution in [3.05, 3.63) is 35.7 Å². The largest absolute Gasteiger partial charge is 0.463 e. The predicted octanol–water partition coefficient (Wildman–Crippen LogP) is 3.46. The van der Waals surface area contributed by atoms with Gasteiger partial charge in [0, 0.05) is 12.1 Å². The summed E-state index contributed by atoms with van der Waals surface area (Å²) in [7, 11) is 0.